The van der Waals surface area contributed by atoms with Gasteiger partial charge in [0.1, 0.15) is 0 Å². The Hall–Kier alpha value is -0.180. The van der Waals surface area contributed by atoms with E-state index in [-0.39, 0.29) is 0 Å². The van der Waals surface area contributed by atoms with E-state index in [1.165, 1.54) is 0 Å². The molecular formula is C8H15F2N. The maximum Gasteiger partial charge on any atom is 0.256 e. The Bertz CT molecular complexity index is 134. The van der Waals surface area contributed by atoms with Crippen LogP contribution in [0.5, 0.6) is 0 Å². The van der Waals surface area contributed by atoms with Crippen LogP contribution in [-0.4, -0.2) is 19.0 Å². The van der Waals surface area contributed by atoms with Gasteiger partial charge >= 0.3 is 0 Å². The highest BCUT2D eigenvalue weighted by Crippen LogP contribution is 2.38. The van der Waals surface area contributed by atoms with Gasteiger partial charge in [-0.05, 0) is 26.3 Å². The molecule has 1 rings (SSSR count). The molecule has 1 aliphatic rings. The van der Waals surface area contributed by atoms with Crippen LogP contribution in [0.4, 0.5) is 8.78 Å². The van der Waals surface area contributed by atoms with Crippen LogP contribution in [0.25, 0.3) is 0 Å². The summed E-state index contributed by atoms with van der Waals surface area (Å²) in [6.07, 6.45) is 0.614. The summed E-state index contributed by atoms with van der Waals surface area (Å²) in [4.78, 5) is 0. The van der Waals surface area contributed by atoms with Crippen molar-refractivity contribution < 1.29 is 8.78 Å². The number of alkyl halides is 2. The highest BCUT2D eigenvalue weighted by Gasteiger charge is 2.38. The van der Waals surface area contributed by atoms with Gasteiger partial charge in [0.2, 0.25) is 0 Å². The zero-order valence-corrected chi connectivity index (χ0v) is 7.03. The van der Waals surface area contributed by atoms with Crippen LogP contribution in [0.1, 0.15) is 26.2 Å². The summed E-state index contributed by atoms with van der Waals surface area (Å²) in [6.45, 7) is 1.59. The lowest BCUT2D eigenvalue weighted by Crippen LogP contribution is -2.46. The summed E-state index contributed by atoms with van der Waals surface area (Å²) in [7, 11) is 1.61. The Morgan fingerprint density at radius 3 is 2.36 bits per heavy atom. The van der Waals surface area contributed by atoms with E-state index in [0.717, 1.165) is 12.8 Å². The Kier molecular flexibility index (Phi) is 2.47. The zero-order valence-electron chi connectivity index (χ0n) is 7.03. The average Bonchev–Trinajstić information content (AvgIpc) is 2.71. The molecule has 0 saturated heterocycles. The lowest BCUT2D eigenvalue weighted by Gasteiger charge is -2.28. The predicted octanol–water partition coefficient (Wildman–Crippen LogP) is 2.03. The molecular weight excluding hydrogens is 148 g/mol. The summed E-state index contributed by atoms with van der Waals surface area (Å²) < 4.78 is 24.8. The molecule has 1 aliphatic carbocycles. The molecule has 0 heterocycles. The van der Waals surface area contributed by atoms with E-state index in [2.05, 4.69) is 5.32 Å². The highest BCUT2D eigenvalue weighted by molar-refractivity contribution is 4.90. The summed E-state index contributed by atoms with van der Waals surface area (Å²) in [5.41, 5.74) is -0.957. The summed E-state index contributed by atoms with van der Waals surface area (Å²) in [6, 6.07) is 0. The fourth-order valence-corrected chi connectivity index (χ4v) is 1.22. The molecule has 0 amide bonds. The third kappa shape index (κ3) is 2.12. The molecule has 0 radical (unpaired) electrons. The molecule has 1 saturated carbocycles. The van der Waals surface area contributed by atoms with E-state index in [0.29, 0.717) is 12.3 Å². The number of rotatable bonds is 4. The van der Waals surface area contributed by atoms with Gasteiger partial charge in [-0.1, -0.05) is 12.8 Å². The first-order valence-electron chi connectivity index (χ1n) is 4.05. The molecule has 1 fully saturated rings. The molecule has 0 aromatic heterocycles. The normalized spacial score (nSPS) is 23.7. The smallest absolute Gasteiger partial charge is 0.256 e. The van der Waals surface area contributed by atoms with Crippen molar-refractivity contribution in [1.82, 2.24) is 5.32 Å². The first kappa shape index (κ1) is 8.91. The minimum Gasteiger partial charge on any atom is -0.310 e. The largest absolute Gasteiger partial charge is 0.310 e. The molecule has 3 heteroatoms. The van der Waals surface area contributed by atoms with Crippen LogP contribution in [0, 0.1) is 5.92 Å². The fraction of sp³-hybridized carbons (Fsp3) is 1.00. The van der Waals surface area contributed by atoms with Gasteiger partial charge in [-0.25, -0.2) is 8.78 Å². The van der Waals surface area contributed by atoms with Gasteiger partial charge in [-0.3, -0.25) is 0 Å². The molecule has 1 N–H and O–H groups in total. The van der Waals surface area contributed by atoms with Crippen LogP contribution < -0.4 is 5.32 Å². The van der Waals surface area contributed by atoms with Crippen molar-refractivity contribution in [2.45, 2.75) is 38.2 Å². The van der Waals surface area contributed by atoms with Crippen molar-refractivity contribution >= 4 is 0 Å². The fourth-order valence-electron chi connectivity index (χ4n) is 1.22. The van der Waals surface area contributed by atoms with Gasteiger partial charge in [-0.2, -0.15) is 0 Å². The van der Waals surface area contributed by atoms with Crippen LogP contribution in [0.2, 0.25) is 0 Å². The third-order valence-corrected chi connectivity index (χ3v) is 2.46. The van der Waals surface area contributed by atoms with E-state index in [1.54, 1.807) is 14.0 Å². The Balaban J connectivity index is 2.42. The quantitative estimate of drug-likeness (QED) is 0.668. The number of halogens is 2. The minimum atomic E-state index is -2.26. The van der Waals surface area contributed by atoms with Crippen LogP contribution in [0.15, 0.2) is 0 Å². The Morgan fingerprint density at radius 1 is 1.55 bits per heavy atom. The SMILES string of the molecule is CNC(C)(CC1CC1)C(F)F. The standard InChI is InChI=1S/C8H15F2N/c1-8(11-2,7(9)10)5-6-3-4-6/h6-7,11H,3-5H2,1-2H3. The Labute approximate surface area is 66.2 Å². The van der Waals surface area contributed by atoms with E-state index < -0.39 is 12.0 Å². The van der Waals surface area contributed by atoms with Gasteiger partial charge in [0, 0.05) is 0 Å². The van der Waals surface area contributed by atoms with Crippen molar-refractivity contribution in [3.8, 4) is 0 Å². The first-order chi connectivity index (χ1) is 5.08. The Morgan fingerprint density at radius 2 is 2.09 bits per heavy atom. The van der Waals surface area contributed by atoms with Crippen molar-refractivity contribution in [2.24, 2.45) is 5.92 Å². The second-order valence-corrected chi connectivity index (χ2v) is 3.62. The number of hydrogen-bond donors (Lipinski definition) is 1. The van der Waals surface area contributed by atoms with Gasteiger partial charge in [0.25, 0.3) is 6.43 Å². The van der Waals surface area contributed by atoms with Crippen molar-refractivity contribution in [3.05, 3.63) is 0 Å². The molecule has 11 heavy (non-hydrogen) atoms. The highest BCUT2D eigenvalue weighted by atomic mass is 19.3. The second-order valence-electron chi connectivity index (χ2n) is 3.62. The van der Waals surface area contributed by atoms with Crippen LogP contribution in [-0.2, 0) is 0 Å². The maximum atomic E-state index is 12.4. The molecule has 1 nitrogen and oxygen atoms in total. The van der Waals surface area contributed by atoms with E-state index in [4.69, 9.17) is 0 Å². The minimum absolute atomic E-state index is 0.543. The average molecular weight is 163 g/mol. The second kappa shape index (κ2) is 3.05. The lowest BCUT2D eigenvalue weighted by molar-refractivity contribution is 0.0366. The van der Waals surface area contributed by atoms with E-state index >= 15 is 0 Å². The molecule has 0 spiro atoms. The number of hydrogen-bond acceptors (Lipinski definition) is 1. The summed E-state index contributed by atoms with van der Waals surface area (Å²) in [5, 5.41) is 2.70. The predicted molar refractivity (Wildman–Crippen MR) is 40.8 cm³/mol. The van der Waals surface area contributed by atoms with Crippen molar-refractivity contribution in [1.29, 1.82) is 0 Å². The molecule has 0 aromatic rings. The molecule has 66 valence electrons. The van der Waals surface area contributed by atoms with Crippen LogP contribution in [0.3, 0.4) is 0 Å². The number of nitrogens with one attached hydrogen (secondary N) is 1. The van der Waals surface area contributed by atoms with Gasteiger partial charge in [-0.15, -0.1) is 0 Å². The monoisotopic (exact) mass is 163 g/mol. The molecule has 0 bridgehead atoms. The van der Waals surface area contributed by atoms with Gasteiger partial charge < -0.3 is 5.32 Å². The van der Waals surface area contributed by atoms with Gasteiger partial charge in [0.05, 0.1) is 5.54 Å². The first-order valence-corrected chi connectivity index (χ1v) is 4.05. The third-order valence-electron chi connectivity index (χ3n) is 2.46. The van der Waals surface area contributed by atoms with E-state index in [1.807, 2.05) is 0 Å². The van der Waals surface area contributed by atoms with Crippen molar-refractivity contribution in [2.75, 3.05) is 7.05 Å². The summed E-state index contributed by atoms with van der Waals surface area (Å²) >= 11 is 0. The molecule has 1 atom stereocenters. The topological polar surface area (TPSA) is 12.0 Å². The van der Waals surface area contributed by atoms with Crippen LogP contribution >= 0.6 is 0 Å². The summed E-state index contributed by atoms with van der Waals surface area (Å²) in [5.74, 6) is 0.543. The molecule has 1 unspecified atom stereocenters. The van der Waals surface area contributed by atoms with E-state index in [9.17, 15) is 8.78 Å². The molecule has 0 aliphatic heterocycles. The zero-order chi connectivity index (χ0) is 8.48. The maximum absolute atomic E-state index is 12.4. The van der Waals surface area contributed by atoms with Gasteiger partial charge in [0.15, 0.2) is 0 Å². The molecule has 0 aromatic carbocycles. The van der Waals surface area contributed by atoms with Crippen molar-refractivity contribution in [3.63, 3.8) is 0 Å². The lowest BCUT2D eigenvalue weighted by atomic mass is 9.96.